The lowest BCUT2D eigenvalue weighted by molar-refractivity contribution is -0.112. The summed E-state index contributed by atoms with van der Waals surface area (Å²) < 4.78 is 0. The van der Waals surface area contributed by atoms with Crippen molar-refractivity contribution >= 4 is 5.78 Å². The molecule has 0 aromatic rings. The van der Waals surface area contributed by atoms with Gasteiger partial charge >= 0.3 is 0 Å². The van der Waals surface area contributed by atoms with E-state index < -0.39 is 0 Å². The third kappa shape index (κ3) is 3.35. The van der Waals surface area contributed by atoms with Crippen molar-refractivity contribution in [2.24, 2.45) is 11.8 Å². The average Bonchev–Trinajstić information content (AvgIpc) is 2.66. The summed E-state index contributed by atoms with van der Waals surface area (Å²) in [5.41, 5.74) is 0. The lowest BCUT2D eigenvalue weighted by Gasteiger charge is -2.03. The number of carbonyl (C=O) groups excluding carboxylic acids is 1. The van der Waals surface area contributed by atoms with E-state index in [-0.39, 0.29) is 5.78 Å². The van der Waals surface area contributed by atoms with Crippen LogP contribution in [-0.4, -0.2) is 5.78 Å². The van der Waals surface area contributed by atoms with E-state index in [9.17, 15) is 4.79 Å². The lowest BCUT2D eigenvalue weighted by Crippen LogP contribution is -1.94. The van der Waals surface area contributed by atoms with Crippen molar-refractivity contribution in [3.8, 4) is 0 Å². The number of hydrogen-bond acceptors (Lipinski definition) is 1. The van der Waals surface area contributed by atoms with Crippen molar-refractivity contribution in [2.75, 3.05) is 0 Å². The maximum absolute atomic E-state index is 10.5. The highest BCUT2D eigenvalue weighted by Crippen LogP contribution is 2.38. The highest BCUT2D eigenvalue weighted by atomic mass is 16.1. The second kappa shape index (κ2) is 3.70. The van der Waals surface area contributed by atoms with Crippen LogP contribution in [0.1, 0.15) is 33.1 Å². The van der Waals surface area contributed by atoms with Crippen molar-refractivity contribution in [1.82, 2.24) is 0 Å². The summed E-state index contributed by atoms with van der Waals surface area (Å²) in [7, 11) is 0. The fourth-order valence-corrected chi connectivity index (χ4v) is 1.31. The van der Waals surface area contributed by atoms with E-state index in [4.69, 9.17) is 0 Å². The number of ketones is 1. The summed E-state index contributed by atoms with van der Waals surface area (Å²) >= 11 is 0. The van der Waals surface area contributed by atoms with Gasteiger partial charge in [-0.2, -0.15) is 0 Å². The highest BCUT2D eigenvalue weighted by molar-refractivity contribution is 5.87. The molecule has 0 spiro atoms. The van der Waals surface area contributed by atoms with E-state index in [2.05, 4.69) is 6.92 Å². The first-order chi connectivity index (χ1) is 5.20. The van der Waals surface area contributed by atoms with Crippen LogP contribution in [0.5, 0.6) is 0 Å². The minimum absolute atomic E-state index is 0.160. The summed E-state index contributed by atoms with van der Waals surface area (Å²) in [5, 5.41) is 0. The Balaban J connectivity index is 2.14. The average molecular weight is 152 g/mol. The van der Waals surface area contributed by atoms with Gasteiger partial charge < -0.3 is 0 Å². The molecule has 1 saturated carbocycles. The number of allylic oxidation sites excluding steroid dienone is 2. The van der Waals surface area contributed by atoms with Gasteiger partial charge in [0, 0.05) is 0 Å². The van der Waals surface area contributed by atoms with Crippen LogP contribution in [0.2, 0.25) is 0 Å². The summed E-state index contributed by atoms with van der Waals surface area (Å²) in [6, 6.07) is 0. The Morgan fingerprint density at radius 3 is 2.73 bits per heavy atom. The molecule has 1 aliphatic carbocycles. The largest absolute Gasteiger partial charge is 0.295 e. The second-order valence-corrected chi connectivity index (χ2v) is 3.56. The molecule has 1 rings (SSSR count). The first kappa shape index (κ1) is 8.51. The Bertz CT molecular complexity index is 166. The topological polar surface area (TPSA) is 17.1 Å². The zero-order valence-corrected chi connectivity index (χ0v) is 7.34. The van der Waals surface area contributed by atoms with Crippen LogP contribution in [-0.2, 0) is 4.79 Å². The predicted octanol–water partition coefficient (Wildman–Crippen LogP) is 2.57. The Morgan fingerprint density at radius 2 is 2.27 bits per heavy atom. The van der Waals surface area contributed by atoms with Gasteiger partial charge in [-0.15, -0.1) is 0 Å². The van der Waals surface area contributed by atoms with Gasteiger partial charge in [-0.3, -0.25) is 4.79 Å². The molecule has 0 bridgehead atoms. The Labute approximate surface area is 68.5 Å². The minimum Gasteiger partial charge on any atom is -0.295 e. The van der Waals surface area contributed by atoms with Crippen molar-refractivity contribution in [3.63, 3.8) is 0 Å². The zero-order valence-electron chi connectivity index (χ0n) is 7.34. The Hall–Kier alpha value is -0.590. The Morgan fingerprint density at radius 1 is 1.64 bits per heavy atom. The summed E-state index contributed by atoms with van der Waals surface area (Å²) in [6.45, 7) is 3.86. The van der Waals surface area contributed by atoms with E-state index in [1.54, 1.807) is 13.0 Å². The molecule has 1 fully saturated rings. The standard InChI is InChI=1S/C10H16O/c1-8(10-6-7-10)4-3-5-9(2)11/h3,5,8,10H,4,6-7H2,1-2H3/b5-3+. The fourth-order valence-electron chi connectivity index (χ4n) is 1.31. The van der Waals surface area contributed by atoms with Gasteiger partial charge in [-0.25, -0.2) is 0 Å². The zero-order chi connectivity index (χ0) is 8.27. The van der Waals surface area contributed by atoms with Gasteiger partial charge in [0.1, 0.15) is 0 Å². The first-order valence-corrected chi connectivity index (χ1v) is 4.37. The van der Waals surface area contributed by atoms with Crippen molar-refractivity contribution in [1.29, 1.82) is 0 Å². The maximum atomic E-state index is 10.5. The van der Waals surface area contributed by atoms with E-state index in [0.29, 0.717) is 0 Å². The van der Waals surface area contributed by atoms with Crippen molar-refractivity contribution < 1.29 is 4.79 Å². The molecule has 0 saturated heterocycles. The third-order valence-corrected chi connectivity index (χ3v) is 2.29. The van der Waals surface area contributed by atoms with E-state index in [0.717, 1.165) is 18.3 Å². The molecule has 1 heteroatoms. The molecule has 0 radical (unpaired) electrons. The third-order valence-electron chi connectivity index (χ3n) is 2.29. The lowest BCUT2D eigenvalue weighted by atomic mass is 10.0. The number of carbonyl (C=O) groups is 1. The molecular formula is C10H16O. The van der Waals surface area contributed by atoms with Crippen LogP contribution in [0.25, 0.3) is 0 Å². The van der Waals surface area contributed by atoms with Crippen molar-refractivity contribution in [3.05, 3.63) is 12.2 Å². The molecule has 1 nitrogen and oxygen atoms in total. The van der Waals surface area contributed by atoms with E-state index in [1.165, 1.54) is 12.8 Å². The molecule has 0 aromatic heterocycles. The van der Waals surface area contributed by atoms with Crippen LogP contribution in [0.15, 0.2) is 12.2 Å². The molecule has 0 heterocycles. The molecule has 62 valence electrons. The van der Waals surface area contributed by atoms with Crippen LogP contribution in [0, 0.1) is 11.8 Å². The normalized spacial score (nSPS) is 20.5. The predicted molar refractivity (Wildman–Crippen MR) is 46.3 cm³/mol. The molecule has 1 aliphatic rings. The summed E-state index contributed by atoms with van der Waals surface area (Å²) in [6.07, 6.45) is 7.55. The van der Waals surface area contributed by atoms with Gasteiger partial charge in [-0.05, 0) is 44.1 Å². The first-order valence-electron chi connectivity index (χ1n) is 4.37. The molecule has 0 aliphatic heterocycles. The van der Waals surface area contributed by atoms with Gasteiger partial charge in [0.15, 0.2) is 5.78 Å². The molecule has 0 aromatic carbocycles. The van der Waals surface area contributed by atoms with Crippen LogP contribution in [0.4, 0.5) is 0 Å². The fraction of sp³-hybridized carbons (Fsp3) is 0.700. The molecule has 1 atom stereocenters. The van der Waals surface area contributed by atoms with E-state index in [1.807, 2.05) is 6.08 Å². The quantitative estimate of drug-likeness (QED) is 0.566. The number of hydrogen-bond donors (Lipinski definition) is 0. The summed E-state index contributed by atoms with van der Waals surface area (Å²) in [4.78, 5) is 10.5. The highest BCUT2D eigenvalue weighted by Gasteiger charge is 2.26. The van der Waals surface area contributed by atoms with Crippen LogP contribution < -0.4 is 0 Å². The minimum atomic E-state index is 0.160. The maximum Gasteiger partial charge on any atom is 0.152 e. The second-order valence-electron chi connectivity index (χ2n) is 3.56. The Kier molecular flexibility index (Phi) is 2.86. The monoisotopic (exact) mass is 152 g/mol. The SMILES string of the molecule is CC(=O)/C=C/CC(C)C1CC1. The molecule has 0 amide bonds. The molecular weight excluding hydrogens is 136 g/mol. The molecule has 11 heavy (non-hydrogen) atoms. The van der Waals surface area contributed by atoms with Gasteiger partial charge in [0.25, 0.3) is 0 Å². The van der Waals surface area contributed by atoms with Crippen LogP contribution in [0.3, 0.4) is 0 Å². The number of rotatable bonds is 4. The van der Waals surface area contributed by atoms with E-state index >= 15 is 0 Å². The van der Waals surface area contributed by atoms with Crippen LogP contribution >= 0.6 is 0 Å². The summed E-state index contributed by atoms with van der Waals surface area (Å²) in [5.74, 6) is 1.89. The van der Waals surface area contributed by atoms with Crippen molar-refractivity contribution in [2.45, 2.75) is 33.1 Å². The van der Waals surface area contributed by atoms with Gasteiger partial charge in [-0.1, -0.05) is 13.0 Å². The van der Waals surface area contributed by atoms with Gasteiger partial charge in [0.2, 0.25) is 0 Å². The smallest absolute Gasteiger partial charge is 0.152 e. The molecule has 1 unspecified atom stereocenters. The van der Waals surface area contributed by atoms with Gasteiger partial charge in [0.05, 0.1) is 0 Å². The molecule has 0 N–H and O–H groups in total.